The lowest BCUT2D eigenvalue weighted by molar-refractivity contribution is 0.395. The van der Waals surface area contributed by atoms with E-state index in [1.807, 2.05) is 18.2 Å². The maximum atomic E-state index is 8.65. The highest BCUT2D eigenvalue weighted by atomic mass is 16.5. The molecule has 0 aliphatic carbocycles. The van der Waals surface area contributed by atoms with Gasteiger partial charge in [0.05, 0.1) is 26.6 Å². The van der Waals surface area contributed by atoms with Crippen molar-refractivity contribution in [2.24, 2.45) is 0 Å². The predicted octanol–water partition coefficient (Wildman–Crippen LogP) is 2.11. The molecule has 0 aliphatic rings. The highest BCUT2D eigenvalue weighted by molar-refractivity contribution is 5.60. The van der Waals surface area contributed by atoms with Crippen LogP contribution in [0.5, 0.6) is 11.5 Å². The summed E-state index contributed by atoms with van der Waals surface area (Å²) in [6, 6.07) is 7.30. The molecule has 0 spiro atoms. The van der Waals surface area contributed by atoms with Crippen molar-refractivity contribution in [3.8, 4) is 17.6 Å². The van der Waals surface area contributed by atoms with Crippen LogP contribution in [0.1, 0.15) is 5.69 Å². The van der Waals surface area contributed by atoms with Gasteiger partial charge in [-0.3, -0.25) is 0 Å². The van der Waals surface area contributed by atoms with Gasteiger partial charge >= 0.3 is 0 Å². The van der Waals surface area contributed by atoms with Crippen molar-refractivity contribution in [2.75, 3.05) is 19.5 Å². The number of nitrogens with zero attached hydrogens (tertiary/aromatic N) is 3. The molecule has 2 rings (SSSR count). The Morgan fingerprint density at radius 3 is 2.21 bits per heavy atom. The van der Waals surface area contributed by atoms with Crippen LogP contribution < -0.4 is 14.8 Å². The zero-order valence-electron chi connectivity index (χ0n) is 10.5. The molecule has 0 saturated carbocycles. The van der Waals surface area contributed by atoms with E-state index < -0.39 is 0 Å². The van der Waals surface area contributed by atoms with Crippen molar-refractivity contribution in [2.45, 2.75) is 0 Å². The van der Waals surface area contributed by atoms with E-state index in [0.717, 1.165) is 5.69 Å². The molecule has 0 saturated heterocycles. The normalized spacial score (nSPS) is 9.53. The van der Waals surface area contributed by atoms with E-state index >= 15 is 0 Å². The molecular formula is C13H12N4O2. The Morgan fingerprint density at radius 1 is 1.05 bits per heavy atom. The van der Waals surface area contributed by atoms with Crippen molar-refractivity contribution in [1.29, 1.82) is 5.26 Å². The number of aromatic nitrogens is 2. The lowest BCUT2D eigenvalue weighted by atomic mass is 10.2. The molecule has 2 aromatic rings. The van der Waals surface area contributed by atoms with Crippen LogP contribution in [0.25, 0.3) is 0 Å². The van der Waals surface area contributed by atoms with Crippen LogP contribution in [0.15, 0.2) is 30.6 Å². The summed E-state index contributed by atoms with van der Waals surface area (Å²) >= 11 is 0. The van der Waals surface area contributed by atoms with Crippen LogP contribution in [0, 0.1) is 11.3 Å². The molecular weight excluding hydrogens is 244 g/mol. The number of hydrogen-bond acceptors (Lipinski definition) is 6. The van der Waals surface area contributed by atoms with Gasteiger partial charge in [-0.1, -0.05) is 0 Å². The largest absolute Gasteiger partial charge is 0.497 e. The first-order valence-corrected chi connectivity index (χ1v) is 5.47. The molecule has 0 radical (unpaired) electrons. The SMILES string of the molecule is COc1cc(Nc2cnc(C#N)cn2)cc(OC)c1. The number of ether oxygens (including phenoxy) is 2. The van der Waals surface area contributed by atoms with E-state index in [1.54, 1.807) is 20.3 Å². The maximum absolute atomic E-state index is 8.65. The Labute approximate surface area is 110 Å². The monoisotopic (exact) mass is 256 g/mol. The number of methoxy groups -OCH3 is 2. The number of nitriles is 1. The van der Waals surface area contributed by atoms with Gasteiger partial charge in [-0.25, -0.2) is 9.97 Å². The summed E-state index contributed by atoms with van der Waals surface area (Å²) in [5, 5.41) is 11.7. The molecule has 0 aliphatic heterocycles. The van der Waals surface area contributed by atoms with E-state index in [4.69, 9.17) is 14.7 Å². The van der Waals surface area contributed by atoms with E-state index in [9.17, 15) is 0 Å². The van der Waals surface area contributed by atoms with Gasteiger partial charge in [-0.05, 0) is 0 Å². The molecule has 0 atom stereocenters. The van der Waals surface area contributed by atoms with Crippen LogP contribution in [0.2, 0.25) is 0 Å². The van der Waals surface area contributed by atoms with Gasteiger partial charge in [0.15, 0.2) is 5.69 Å². The second-order valence-electron chi connectivity index (χ2n) is 3.63. The fourth-order valence-corrected chi connectivity index (χ4v) is 1.48. The molecule has 0 unspecified atom stereocenters. The molecule has 6 heteroatoms. The number of rotatable bonds is 4. The predicted molar refractivity (Wildman–Crippen MR) is 69.6 cm³/mol. The summed E-state index contributed by atoms with van der Waals surface area (Å²) in [6.45, 7) is 0. The summed E-state index contributed by atoms with van der Waals surface area (Å²) in [4.78, 5) is 8.01. The number of nitrogens with one attached hydrogen (secondary N) is 1. The Bertz CT molecular complexity index is 583. The van der Waals surface area contributed by atoms with E-state index in [-0.39, 0.29) is 5.69 Å². The van der Waals surface area contributed by atoms with Crippen molar-refractivity contribution in [3.05, 3.63) is 36.3 Å². The lowest BCUT2D eigenvalue weighted by Crippen LogP contribution is -1.97. The third-order valence-corrected chi connectivity index (χ3v) is 2.39. The smallest absolute Gasteiger partial charge is 0.158 e. The average Bonchev–Trinajstić information content (AvgIpc) is 2.47. The third kappa shape index (κ3) is 3.10. The zero-order chi connectivity index (χ0) is 13.7. The topological polar surface area (TPSA) is 80.1 Å². The molecule has 1 aromatic heterocycles. The van der Waals surface area contributed by atoms with E-state index in [1.165, 1.54) is 12.4 Å². The van der Waals surface area contributed by atoms with Gasteiger partial charge < -0.3 is 14.8 Å². The van der Waals surface area contributed by atoms with Gasteiger partial charge in [0.25, 0.3) is 0 Å². The second kappa shape index (κ2) is 5.69. The first kappa shape index (κ1) is 12.6. The maximum Gasteiger partial charge on any atom is 0.158 e. The highest BCUT2D eigenvalue weighted by Crippen LogP contribution is 2.27. The summed E-state index contributed by atoms with van der Waals surface area (Å²) < 4.78 is 10.3. The van der Waals surface area contributed by atoms with Gasteiger partial charge in [0, 0.05) is 23.9 Å². The van der Waals surface area contributed by atoms with Crippen molar-refractivity contribution < 1.29 is 9.47 Å². The quantitative estimate of drug-likeness (QED) is 0.902. The Hall–Kier alpha value is -2.81. The summed E-state index contributed by atoms with van der Waals surface area (Å²) in [7, 11) is 3.17. The van der Waals surface area contributed by atoms with Gasteiger partial charge in [0.2, 0.25) is 0 Å². The van der Waals surface area contributed by atoms with E-state index in [0.29, 0.717) is 17.3 Å². The van der Waals surface area contributed by atoms with Crippen molar-refractivity contribution in [3.63, 3.8) is 0 Å². The Balaban J connectivity index is 2.24. The van der Waals surface area contributed by atoms with Crippen LogP contribution in [-0.4, -0.2) is 24.2 Å². The van der Waals surface area contributed by atoms with Crippen molar-refractivity contribution >= 4 is 11.5 Å². The molecule has 1 aromatic carbocycles. The molecule has 19 heavy (non-hydrogen) atoms. The minimum absolute atomic E-state index is 0.272. The van der Waals surface area contributed by atoms with Crippen LogP contribution in [-0.2, 0) is 0 Å². The fraction of sp³-hybridized carbons (Fsp3) is 0.154. The summed E-state index contributed by atoms with van der Waals surface area (Å²) in [6.07, 6.45) is 2.89. The molecule has 1 N–H and O–H groups in total. The molecule has 1 heterocycles. The van der Waals surface area contributed by atoms with Crippen molar-refractivity contribution in [1.82, 2.24) is 9.97 Å². The number of anilines is 2. The average molecular weight is 256 g/mol. The van der Waals surface area contributed by atoms with Crippen LogP contribution in [0.4, 0.5) is 11.5 Å². The highest BCUT2D eigenvalue weighted by Gasteiger charge is 2.03. The Morgan fingerprint density at radius 2 is 1.74 bits per heavy atom. The molecule has 0 fully saturated rings. The summed E-state index contributed by atoms with van der Waals surface area (Å²) in [5.41, 5.74) is 1.03. The lowest BCUT2D eigenvalue weighted by Gasteiger charge is -2.09. The molecule has 0 amide bonds. The first-order valence-electron chi connectivity index (χ1n) is 5.47. The fourth-order valence-electron chi connectivity index (χ4n) is 1.48. The standard InChI is InChI=1S/C13H12N4O2/c1-18-11-3-9(4-12(5-11)19-2)17-13-8-15-10(6-14)7-16-13/h3-5,7-8H,1-2H3,(H,16,17). The zero-order valence-corrected chi connectivity index (χ0v) is 10.5. The van der Waals surface area contributed by atoms with Crippen LogP contribution >= 0.6 is 0 Å². The van der Waals surface area contributed by atoms with E-state index in [2.05, 4.69) is 15.3 Å². The number of benzene rings is 1. The van der Waals surface area contributed by atoms with Gasteiger partial charge in [0.1, 0.15) is 23.4 Å². The Kier molecular flexibility index (Phi) is 3.78. The first-order chi connectivity index (χ1) is 9.25. The van der Waals surface area contributed by atoms with Crippen LogP contribution in [0.3, 0.4) is 0 Å². The molecule has 96 valence electrons. The number of hydrogen-bond donors (Lipinski definition) is 1. The second-order valence-corrected chi connectivity index (χ2v) is 3.63. The third-order valence-electron chi connectivity index (χ3n) is 2.39. The summed E-state index contributed by atoms with van der Waals surface area (Å²) in [5.74, 6) is 1.88. The molecule has 0 bridgehead atoms. The van der Waals surface area contributed by atoms with Gasteiger partial charge in [-0.2, -0.15) is 5.26 Å². The molecule has 6 nitrogen and oxygen atoms in total. The van der Waals surface area contributed by atoms with Gasteiger partial charge in [-0.15, -0.1) is 0 Å². The minimum Gasteiger partial charge on any atom is -0.497 e. The minimum atomic E-state index is 0.272.